The van der Waals surface area contributed by atoms with E-state index < -0.39 is 15.8 Å². The fraction of sp³-hybridized carbons (Fsp3) is 0.0952. The van der Waals surface area contributed by atoms with Crippen LogP contribution in [0.4, 0.5) is 10.1 Å². The maximum absolute atomic E-state index is 13.1. The lowest BCUT2D eigenvalue weighted by Crippen LogP contribution is -2.27. The highest BCUT2D eigenvalue weighted by atomic mass is 32.2. The molecule has 0 fully saturated rings. The molecule has 0 aliphatic rings. The number of amides is 1. The van der Waals surface area contributed by atoms with Crippen LogP contribution in [0, 0.1) is 5.82 Å². The first kappa shape index (κ1) is 19.6. The van der Waals surface area contributed by atoms with E-state index in [4.69, 9.17) is 0 Å². The molecule has 5 nitrogen and oxygen atoms in total. The summed E-state index contributed by atoms with van der Waals surface area (Å²) < 4.78 is 39.9. The first-order valence-corrected chi connectivity index (χ1v) is 9.98. The van der Waals surface area contributed by atoms with Crippen molar-refractivity contribution in [3.63, 3.8) is 0 Å². The zero-order valence-electron chi connectivity index (χ0n) is 15.2. The Morgan fingerprint density at radius 3 is 2.32 bits per heavy atom. The standard InChI is InChI=1S/C21H19FN2O3S/c1-24(19-12-10-18(22)11-13-19)28(26,27)20-9-5-8-17(14-20)21(25)23-15-16-6-3-2-4-7-16/h2-14H,15H2,1H3,(H,23,25). The Bertz CT molecular complexity index is 1070. The van der Waals surface area contributed by atoms with Gasteiger partial charge in [-0.3, -0.25) is 9.10 Å². The van der Waals surface area contributed by atoms with Crippen molar-refractivity contribution < 1.29 is 17.6 Å². The maximum Gasteiger partial charge on any atom is 0.264 e. The summed E-state index contributed by atoms with van der Waals surface area (Å²) in [5, 5.41) is 2.77. The predicted octanol–water partition coefficient (Wildman–Crippen LogP) is 3.58. The molecule has 0 aromatic heterocycles. The average molecular weight is 398 g/mol. The Morgan fingerprint density at radius 2 is 1.64 bits per heavy atom. The monoisotopic (exact) mass is 398 g/mol. The van der Waals surface area contributed by atoms with Gasteiger partial charge in [0.1, 0.15) is 5.82 Å². The van der Waals surface area contributed by atoms with Gasteiger partial charge in [0.25, 0.3) is 15.9 Å². The molecule has 144 valence electrons. The second kappa shape index (κ2) is 8.22. The van der Waals surface area contributed by atoms with Gasteiger partial charge in [-0.2, -0.15) is 0 Å². The molecule has 0 bridgehead atoms. The van der Waals surface area contributed by atoms with E-state index in [1.807, 2.05) is 30.3 Å². The fourth-order valence-corrected chi connectivity index (χ4v) is 3.87. The topological polar surface area (TPSA) is 66.5 Å². The van der Waals surface area contributed by atoms with Crippen molar-refractivity contribution >= 4 is 21.6 Å². The number of sulfonamides is 1. The van der Waals surface area contributed by atoms with Crippen LogP contribution in [0.25, 0.3) is 0 Å². The second-order valence-electron chi connectivity index (χ2n) is 6.15. The molecule has 0 saturated carbocycles. The van der Waals surface area contributed by atoms with Crippen LogP contribution in [-0.2, 0) is 16.6 Å². The van der Waals surface area contributed by atoms with Crippen molar-refractivity contribution in [2.75, 3.05) is 11.4 Å². The number of hydrogen-bond donors (Lipinski definition) is 1. The van der Waals surface area contributed by atoms with Gasteiger partial charge in [0.15, 0.2) is 0 Å². The van der Waals surface area contributed by atoms with E-state index in [1.165, 1.54) is 49.5 Å². The van der Waals surface area contributed by atoms with E-state index in [9.17, 15) is 17.6 Å². The molecular weight excluding hydrogens is 379 g/mol. The highest BCUT2D eigenvalue weighted by molar-refractivity contribution is 7.92. The lowest BCUT2D eigenvalue weighted by atomic mass is 10.2. The molecule has 0 radical (unpaired) electrons. The maximum atomic E-state index is 13.1. The average Bonchev–Trinajstić information content (AvgIpc) is 2.73. The predicted molar refractivity (Wildman–Crippen MR) is 106 cm³/mol. The van der Waals surface area contributed by atoms with Crippen LogP contribution in [0.1, 0.15) is 15.9 Å². The molecule has 1 N–H and O–H groups in total. The Balaban J connectivity index is 1.79. The number of carbonyl (C=O) groups is 1. The van der Waals surface area contributed by atoms with Gasteiger partial charge in [-0.05, 0) is 48.0 Å². The van der Waals surface area contributed by atoms with Crippen LogP contribution in [0.2, 0.25) is 0 Å². The number of halogens is 1. The van der Waals surface area contributed by atoms with Gasteiger partial charge in [-0.25, -0.2) is 12.8 Å². The number of rotatable bonds is 6. The minimum absolute atomic E-state index is 0.0216. The highest BCUT2D eigenvalue weighted by Crippen LogP contribution is 2.23. The van der Waals surface area contributed by atoms with Crippen LogP contribution in [0.15, 0.2) is 83.8 Å². The summed E-state index contributed by atoms with van der Waals surface area (Å²) in [6.45, 7) is 0.339. The van der Waals surface area contributed by atoms with E-state index in [1.54, 1.807) is 6.07 Å². The van der Waals surface area contributed by atoms with Gasteiger partial charge in [-0.1, -0.05) is 36.4 Å². The smallest absolute Gasteiger partial charge is 0.264 e. The molecular formula is C21H19FN2O3S. The first-order valence-electron chi connectivity index (χ1n) is 8.54. The van der Waals surface area contributed by atoms with Crippen LogP contribution >= 0.6 is 0 Å². The Morgan fingerprint density at radius 1 is 0.964 bits per heavy atom. The normalized spacial score (nSPS) is 11.1. The van der Waals surface area contributed by atoms with E-state index in [2.05, 4.69) is 5.32 Å². The Labute approximate surface area is 163 Å². The van der Waals surface area contributed by atoms with Gasteiger partial charge >= 0.3 is 0 Å². The number of anilines is 1. The van der Waals surface area contributed by atoms with Crippen LogP contribution in [-0.4, -0.2) is 21.4 Å². The molecule has 0 heterocycles. The molecule has 0 unspecified atom stereocenters. The van der Waals surface area contributed by atoms with Crippen molar-refractivity contribution in [2.45, 2.75) is 11.4 Å². The fourth-order valence-electron chi connectivity index (χ4n) is 2.63. The number of benzene rings is 3. The van der Waals surface area contributed by atoms with Gasteiger partial charge in [0.05, 0.1) is 10.6 Å². The zero-order valence-corrected chi connectivity index (χ0v) is 16.0. The van der Waals surface area contributed by atoms with Gasteiger partial charge in [-0.15, -0.1) is 0 Å². The van der Waals surface area contributed by atoms with Crippen LogP contribution in [0.3, 0.4) is 0 Å². The summed E-state index contributed by atoms with van der Waals surface area (Å²) in [4.78, 5) is 12.4. The summed E-state index contributed by atoms with van der Waals surface area (Å²) in [6, 6.07) is 20.4. The number of nitrogens with zero attached hydrogens (tertiary/aromatic N) is 1. The van der Waals surface area contributed by atoms with E-state index in [-0.39, 0.29) is 16.4 Å². The highest BCUT2D eigenvalue weighted by Gasteiger charge is 2.22. The third-order valence-corrected chi connectivity index (χ3v) is 6.02. The van der Waals surface area contributed by atoms with Crippen molar-refractivity contribution in [1.29, 1.82) is 0 Å². The van der Waals surface area contributed by atoms with Crippen LogP contribution in [0.5, 0.6) is 0 Å². The van der Waals surface area contributed by atoms with E-state index in [0.29, 0.717) is 12.2 Å². The minimum atomic E-state index is -3.90. The molecule has 0 aliphatic heterocycles. The molecule has 0 spiro atoms. The van der Waals surface area contributed by atoms with Gasteiger partial charge < -0.3 is 5.32 Å². The Kier molecular flexibility index (Phi) is 5.75. The van der Waals surface area contributed by atoms with Gasteiger partial charge in [0.2, 0.25) is 0 Å². The number of nitrogens with one attached hydrogen (secondary N) is 1. The zero-order chi connectivity index (χ0) is 20.1. The minimum Gasteiger partial charge on any atom is -0.348 e. The molecule has 7 heteroatoms. The first-order chi connectivity index (χ1) is 13.4. The molecule has 3 aromatic carbocycles. The van der Waals surface area contributed by atoms with Crippen molar-refractivity contribution in [2.24, 2.45) is 0 Å². The van der Waals surface area contributed by atoms with Gasteiger partial charge in [0, 0.05) is 19.2 Å². The van der Waals surface area contributed by atoms with Crippen molar-refractivity contribution in [3.05, 3.63) is 95.8 Å². The van der Waals surface area contributed by atoms with E-state index in [0.717, 1.165) is 9.87 Å². The molecule has 3 rings (SSSR count). The molecule has 0 atom stereocenters. The lowest BCUT2D eigenvalue weighted by Gasteiger charge is -2.19. The van der Waals surface area contributed by atoms with Crippen LogP contribution < -0.4 is 9.62 Å². The number of carbonyl (C=O) groups excluding carboxylic acids is 1. The largest absolute Gasteiger partial charge is 0.348 e. The lowest BCUT2D eigenvalue weighted by molar-refractivity contribution is 0.0950. The summed E-state index contributed by atoms with van der Waals surface area (Å²) in [6.07, 6.45) is 0. The van der Waals surface area contributed by atoms with E-state index >= 15 is 0 Å². The second-order valence-corrected chi connectivity index (χ2v) is 8.11. The molecule has 0 saturated heterocycles. The summed E-state index contributed by atoms with van der Waals surface area (Å²) in [5.74, 6) is -0.822. The Hall–Kier alpha value is -3.19. The summed E-state index contributed by atoms with van der Waals surface area (Å²) in [7, 11) is -2.52. The summed E-state index contributed by atoms with van der Waals surface area (Å²) in [5.41, 5.74) is 1.50. The molecule has 28 heavy (non-hydrogen) atoms. The third kappa shape index (κ3) is 4.37. The molecule has 0 aliphatic carbocycles. The SMILES string of the molecule is CN(c1ccc(F)cc1)S(=O)(=O)c1cccc(C(=O)NCc2ccccc2)c1. The quantitative estimate of drug-likeness (QED) is 0.690. The third-order valence-electron chi connectivity index (χ3n) is 4.24. The van der Waals surface area contributed by atoms with Crippen molar-refractivity contribution in [1.82, 2.24) is 5.32 Å². The number of hydrogen-bond acceptors (Lipinski definition) is 3. The molecule has 3 aromatic rings. The molecule has 1 amide bonds. The van der Waals surface area contributed by atoms with Crippen molar-refractivity contribution in [3.8, 4) is 0 Å². The summed E-state index contributed by atoms with van der Waals surface area (Å²) >= 11 is 0.